The molecule has 0 bridgehead atoms. The fraction of sp³-hybridized carbons (Fsp3) is 0.533. The number of aryl methyl sites for hydroxylation is 3. The molecule has 45 heavy (non-hydrogen) atoms. The SMILES string of the molecule is CCOC(=O)N1CC(CN2CCCC(N(Cc3cc(C(F)(F)F)cc(C(F)(F)F)c3)c3nnn(C)n3)c3cc(C)cc(C)c32)C1. The Hall–Kier alpha value is -4.04. The molecule has 244 valence electrons. The molecule has 1 saturated heterocycles. The number of anilines is 2. The molecule has 0 aliphatic carbocycles. The third-order valence-corrected chi connectivity index (χ3v) is 8.15. The van der Waals surface area contributed by atoms with Gasteiger partial charge in [0.2, 0.25) is 0 Å². The molecule has 0 spiro atoms. The second kappa shape index (κ2) is 12.4. The van der Waals surface area contributed by atoms with E-state index < -0.39 is 29.5 Å². The van der Waals surface area contributed by atoms with Gasteiger partial charge in [0.25, 0.3) is 5.95 Å². The second-order valence-electron chi connectivity index (χ2n) is 11.7. The molecule has 1 amide bonds. The van der Waals surface area contributed by atoms with Gasteiger partial charge in [-0.05, 0) is 73.7 Å². The van der Waals surface area contributed by atoms with Gasteiger partial charge in [0.05, 0.1) is 30.8 Å². The molecule has 5 rings (SSSR count). The van der Waals surface area contributed by atoms with Gasteiger partial charge in [-0.1, -0.05) is 22.8 Å². The fourth-order valence-corrected chi connectivity index (χ4v) is 6.31. The summed E-state index contributed by atoms with van der Waals surface area (Å²) in [5.74, 6) is 0.305. The van der Waals surface area contributed by atoms with Crippen LogP contribution in [0.4, 0.5) is 42.8 Å². The van der Waals surface area contributed by atoms with Gasteiger partial charge in [0.1, 0.15) is 0 Å². The summed E-state index contributed by atoms with van der Waals surface area (Å²) in [6.07, 6.45) is -9.07. The van der Waals surface area contributed by atoms with Gasteiger partial charge < -0.3 is 19.4 Å². The van der Waals surface area contributed by atoms with Crippen molar-refractivity contribution in [1.82, 2.24) is 25.1 Å². The Labute approximate surface area is 256 Å². The van der Waals surface area contributed by atoms with Crippen molar-refractivity contribution in [3.63, 3.8) is 0 Å². The van der Waals surface area contributed by atoms with Crippen LogP contribution in [0.1, 0.15) is 59.2 Å². The van der Waals surface area contributed by atoms with Gasteiger partial charge >= 0.3 is 18.4 Å². The standard InChI is InChI=1S/C30H35F6N7O2/c1-5-45-28(44)42-15-21(16-42)14-41-8-6-7-25(24-10-18(2)9-19(3)26(24)41)43(27-37-39-40(4)38-27)17-20-11-22(29(31,32)33)13-23(12-20)30(34,35)36/h9-13,21,25H,5-8,14-17H2,1-4H3. The van der Waals surface area contributed by atoms with E-state index in [1.807, 2.05) is 26.0 Å². The van der Waals surface area contributed by atoms with E-state index in [-0.39, 0.29) is 36.1 Å². The Morgan fingerprint density at radius 1 is 1.02 bits per heavy atom. The van der Waals surface area contributed by atoms with Crippen molar-refractivity contribution in [2.24, 2.45) is 13.0 Å². The number of hydrogen-bond donors (Lipinski definition) is 0. The molecule has 0 radical (unpaired) electrons. The first kappa shape index (κ1) is 32.4. The number of halogens is 6. The average molecular weight is 640 g/mol. The minimum Gasteiger partial charge on any atom is -0.450 e. The van der Waals surface area contributed by atoms with Gasteiger partial charge in [0.15, 0.2) is 0 Å². The molecule has 15 heteroatoms. The van der Waals surface area contributed by atoms with Crippen LogP contribution in [-0.4, -0.2) is 64.0 Å². The van der Waals surface area contributed by atoms with Crippen LogP contribution in [0.25, 0.3) is 0 Å². The molecule has 1 atom stereocenters. The van der Waals surface area contributed by atoms with E-state index >= 15 is 0 Å². The number of hydrogen-bond acceptors (Lipinski definition) is 7. The number of aromatic nitrogens is 4. The molecular weight excluding hydrogens is 604 g/mol. The number of rotatable bonds is 7. The van der Waals surface area contributed by atoms with E-state index in [4.69, 9.17) is 4.74 Å². The lowest BCUT2D eigenvalue weighted by atomic mass is 9.94. The highest BCUT2D eigenvalue weighted by atomic mass is 19.4. The smallest absolute Gasteiger partial charge is 0.416 e. The summed E-state index contributed by atoms with van der Waals surface area (Å²) in [4.78, 5) is 18.9. The Kier molecular flexibility index (Phi) is 8.91. The van der Waals surface area contributed by atoms with Crippen molar-refractivity contribution in [2.45, 2.75) is 58.6 Å². The van der Waals surface area contributed by atoms with E-state index in [1.54, 1.807) is 16.7 Å². The van der Waals surface area contributed by atoms with Crippen LogP contribution in [0, 0.1) is 19.8 Å². The summed E-state index contributed by atoms with van der Waals surface area (Å²) < 4.78 is 87.5. The third kappa shape index (κ3) is 7.12. The number of likely N-dealkylation sites (tertiary alicyclic amines) is 1. The highest BCUT2D eigenvalue weighted by Gasteiger charge is 2.39. The molecule has 2 aromatic carbocycles. The van der Waals surface area contributed by atoms with Gasteiger partial charge in [-0.25, -0.2) is 4.79 Å². The number of nitrogens with zero attached hydrogens (tertiary/aromatic N) is 7. The number of ether oxygens (including phenoxy) is 1. The summed E-state index contributed by atoms with van der Waals surface area (Å²) in [7, 11) is 1.54. The molecule has 0 N–H and O–H groups in total. The Morgan fingerprint density at radius 2 is 1.69 bits per heavy atom. The van der Waals surface area contributed by atoms with Crippen molar-refractivity contribution in [3.8, 4) is 0 Å². The van der Waals surface area contributed by atoms with Gasteiger partial charge in [-0.15, -0.1) is 5.10 Å². The lowest BCUT2D eigenvalue weighted by molar-refractivity contribution is -0.143. The van der Waals surface area contributed by atoms with Crippen LogP contribution in [0.5, 0.6) is 0 Å². The Balaban J connectivity index is 1.53. The molecule has 2 aliphatic heterocycles. The molecule has 3 aromatic rings. The topological polar surface area (TPSA) is 79.6 Å². The van der Waals surface area contributed by atoms with Crippen molar-refractivity contribution in [1.29, 1.82) is 0 Å². The van der Waals surface area contributed by atoms with Crippen LogP contribution >= 0.6 is 0 Å². The lowest BCUT2D eigenvalue weighted by Crippen LogP contribution is -2.54. The van der Waals surface area contributed by atoms with E-state index in [9.17, 15) is 31.1 Å². The Morgan fingerprint density at radius 3 is 2.27 bits per heavy atom. The summed E-state index contributed by atoms with van der Waals surface area (Å²) in [6, 6.07) is 5.20. The quantitative estimate of drug-likeness (QED) is 0.281. The predicted molar refractivity (Wildman–Crippen MR) is 154 cm³/mol. The van der Waals surface area contributed by atoms with Crippen LogP contribution in [-0.2, 0) is 30.7 Å². The van der Waals surface area contributed by atoms with Crippen LogP contribution in [0.2, 0.25) is 0 Å². The van der Waals surface area contributed by atoms with Crippen molar-refractivity contribution in [3.05, 3.63) is 63.7 Å². The maximum Gasteiger partial charge on any atom is 0.416 e. The molecule has 1 fully saturated rings. The fourth-order valence-electron chi connectivity index (χ4n) is 6.31. The van der Waals surface area contributed by atoms with Gasteiger partial charge in [-0.2, -0.15) is 31.1 Å². The zero-order valence-electron chi connectivity index (χ0n) is 25.4. The minimum absolute atomic E-state index is 0.0936. The molecular formula is C30H35F6N7O2. The molecule has 3 heterocycles. The van der Waals surface area contributed by atoms with Crippen molar-refractivity contribution < 1.29 is 35.9 Å². The predicted octanol–water partition coefficient (Wildman–Crippen LogP) is 6.30. The average Bonchev–Trinajstić information content (AvgIpc) is 3.26. The minimum atomic E-state index is -4.97. The number of carbonyl (C=O) groups is 1. The molecule has 0 saturated carbocycles. The van der Waals surface area contributed by atoms with E-state index in [0.717, 1.165) is 34.5 Å². The molecule has 1 aromatic heterocycles. The highest BCUT2D eigenvalue weighted by molar-refractivity contribution is 5.69. The van der Waals surface area contributed by atoms with Crippen LogP contribution in [0.15, 0.2) is 30.3 Å². The summed E-state index contributed by atoms with van der Waals surface area (Å²) in [5, 5.41) is 12.4. The maximum atomic E-state index is 13.7. The Bertz CT molecular complexity index is 1500. The number of amides is 1. The van der Waals surface area contributed by atoms with E-state index in [0.29, 0.717) is 45.6 Å². The summed E-state index contributed by atoms with van der Waals surface area (Å²) >= 11 is 0. The van der Waals surface area contributed by atoms with E-state index in [1.165, 1.54) is 11.8 Å². The van der Waals surface area contributed by atoms with Gasteiger partial charge in [0, 0.05) is 44.3 Å². The van der Waals surface area contributed by atoms with E-state index in [2.05, 4.69) is 20.3 Å². The monoisotopic (exact) mass is 639 g/mol. The summed E-state index contributed by atoms with van der Waals surface area (Å²) in [6.45, 7) is 8.14. The second-order valence-corrected chi connectivity index (χ2v) is 11.7. The number of benzene rings is 2. The van der Waals surface area contributed by atoms with Crippen LogP contribution < -0.4 is 9.80 Å². The normalized spacial score (nSPS) is 17.5. The number of carbonyl (C=O) groups excluding carboxylic acids is 1. The molecule has 1 unspecified atom stereocenters. The highest BCUT2D eigenvalue weighted by Crippen LogP contribution is 2.43. The maximum absolute atomic E-state index is 13.7. The third-order valence-electron chi connectivity index (χ3n) is 8.15. The number of tetrazole rings is 1. The zero-order valence-corrected chi connectivity index (χ0v) is 25.4. The first-order valence-corrected chi connectivity index (χ1v) is 14.7. The zero-order chi connectivity index (χ0) is 32.7. The number of alkyl halides is 6. The van der Waals surface area contributed by atoms with Crippen molar-refractivity contribution >= 4 is 17.7 Å². The largest absolute Gasteiger partial charge is 0.450 e. The van der Waals surface area contributed by atoms with Gasteiger partial charge in [-0.3, -0.25) is 0 Å². The van der Waals surface area contributed by atoms with Crippen LogP contribution in [0.3, 0.4) is 0 Å². The molecule has 9 nitrogen and oxygen atoms in total. The number of fused-ring (bicyclic) bond motifs is 1. The first-order chi connectivity index (χ1) is 21.1. The molecule has 2 aliphatic rings. The lowest BCUT2D eigenvalue weighted by Gasteiger charge is -2.42. The van der Waals surface area contributed by atoms with Crippen molar-refractivity contribution in [2.75, 3.05) is 42.6 Å². The summed E-state index contributed by atoms with van der Waals surface area (Å²) in [5.41, 5.74) is 0.843. The first-order valence-electron chi connectivity index (χ1n) is 14.7.